The zero-order valence-corrected chi connectivity index (χ0v) is 13.5. The zero-order chi connectivity index (χ0) is 17.1. The molecule has 1 aromatic carbocycles. The molecule has 2 unspecified atom stereocenters. The van der Waals surface area contributed by atoms with Crippen molar-refractivity contribution in [3.63, 3.8) is 0 Å². The SMILES string of the molecule is CCC(NC(=O)c1n[nH]c2c(F)cccc2c1=O)C1CCCCO1. The summed E-state index contributed by atoms with van der Waals surface area (Å²) < 4.78 is 19.4. The second kappa shape index (κ2) is 7.09. The van der Waals surface area contributed by atoms with E-state index in [1.165, 1.54) is 18.2 Å². The van der Waals surface area contributed by atoms with E-state index in [0.29, 0.717) is 13.0 Å². The van der Waals surface area contributed by atoms with E-state index in [1.54, 1.807) is 0 Å². The lowest BCUT2D eigenvalue weighted by molar-refractivity contribution is -0.00754. The molecule has 2 heterocycles. The van der Waals surface area contributed by atoms with Crippen molar-refractivity contribution in [1.82, 2.24) is 15.5 Å². The first-order chi connectivity index (χ1) is 11.6. The van der Waals surface area contributed by atoms with Crippen molar-refractivity contribution >= 4 is 16.8 Å². The topological polar surface area (TPSA) is 84.1 Å². The Morgan fingerprint density at radius 2 is 2.33 bits per heavy atom. The van der Waals surface area contributed by atoms with Crippen LogP contribution in [0.5, 0.6) is 0 Å². The number of fused-ring (bicyclic) bond motifs is 1. The van der Waals surface area contributed by atoms with Crippen LogP contribution in [0.3, 0.4) is 0 Å². The molecule has 3 rings (SSSR count). The molecule has 24 heavy (non-hydrogen) atoms. The molecule has 1 aliphatic heterocycles. The zero-order valence-electron chi connectivity index (χ0n) is 13.5. The second-order valence-corrected chi connectivity index (χ2v) is 5.96. The summed E-state index contributed by atoms with van der Waals surface area (Å²) in [4.78, 5) is 24.9. The van der Waals surface area contributed by atoms with Gasteiger partial charge in [-0.05, 0) is 37.8 Å². The second-order valence-electron chi connectivity index (χ2n) is 5.96. The van der Waals surface area contributed by atoms with E-state index >= 15 is 0 Å². The van der Waals surface area contributed by atoms with Crippen molar-refractivity contribution in [3.8, 4) is 0 Å². The number of hydrogen-bond donors (Lipinski definition) is 2. The highest BCUT2D eigenvalue weighted by atomic mass is 19.1. The van der Waals surface area contributed by atoms with Crippen LogP contribution in [-0.2, 0) is 4.74 Å². The van der Waals surface area contributed by atoms with Crippen LogP contribution in [0.1, 0.15) is 43.1 Å². The summed E-state index contributed by atoms with van der Waals surface area (Å²) in [5.74, 6) is -1.14. The Balaban J connectivity index is 1.85. The number of nitrogens with one attached hydrogen (secondary N) is 2. The van der Waals surface area contributed by atoms with E-state index in [9.17, 15) is 14.0 Å². The molecule has 0 saturated carbocycles. The van der Waals surface area contributed by atoms with E-state index in [4.69, 9.17) is 4.74 Å². The van der Waals surface area contributed by atoms with Gasteiger partial charge < -0.3 is 10.1 Å². The summed E-state index contributed by atoms with van der Waals surface area (Å²) in [7, 11) is 0. The largest absolute Gasteiger partial charge is 0.376 e. The molecule has 0 bridgehead atoms. The summed E-state index contributed by atoms with van der Waals surface area (Å²) in [6, 6.07) is 3.95. The van der Waals surface area contributed by atoms with E-state index in [1.807, 2.05) is 6.92 Å². The van der Waals surface area contributed by atoms with Crippen LogP contribution in [-0.4, -0.2) is 34.9 Å². The summed E-state index contributed by atoms with van der Waals surface area (Å²) in [6.45, 7) is 2.64. The number of aromatic nitrogens is 2. The first-order valence-corrected chi connectivity index (χ1v) is 8.21. The number of carbonyl (C=O) groups is 1. The van der Waals surface area contributed by atoms with Gasteiger partial charge in [0.1, 0.15) is 11.3 Å². The Morgan fingerprint density at radius 3 is 3.04 bits per heavy atom. The fraction of sp³-hybridized carbons (Fsp3) is 0.471. The maximum atomic E-state index is 13.7. The number of hydrogen-bond acceptors (Lipinski definition) is 4. The molecule has 1 aromatic heterocycles. The third-order valence-corrected chi connectivity index (χ3v) is 4.39. The summed E-state index contributed by atoms with van der Waals surface area (Å²) in [6.07, 6.45) is 3.61. The van der Waals surface area contributed by atoms with Crippen LogP contribution in [0.15, 0.2) is 23.0 Å². The molecular weight excluding hydrogens is 313 g/mol. The molecule has 1 saturated heterocycles. The number of amides is 1. The number of aromatic amines is 1. The van der Waals surface area contributed by atoms with Gasteiger partial charge in [0.25, 0.3) is 5.91 Å². The molecular formula is C17H20FN3O3. The van der Waals surface area contributed by atoms with Crippen LogP contribution in [0.4, 0.5) is 4.39 Å². The van der Waals surface area contributed by atoms with Crippen molar-refractivity contribution < 1.29 is 13.9 Å². The van der Waals surface area contributed by atoms with Gasteiger partial charge in [-0.2, -0.15) is 5.10 Å². The average molecular weight is 333 g/mol. The van der Waals surface area contributed by atoms with Gasteiger partial charge in [0, 0.05) is 6.61 Å². The monoisotopic (exact) mass is 333 g/mol. The van der Waals surface area contributed by atoms with Crippen LogP contribution in [0, 0.1) is 5.82 Å². The van der Waals surface area contributed by atoms with Crippen molar-refractivity contribution in [2.45, 2.75) is 44.8 Å². The third-order valence-electron chi connectivity index (χ3n) is 4.39. The van der Waals surface area contributed by atoms with Gasteiger partial charge >= 0.3 is 0 Å². The molecule has 1 aliphatic rings. The van der Waals surface area contributed by atoms with Crippen LogP contribution in [0.25, 0.3) is 10.9 Å². The molecule has 2 N–H and O–H groups in total. The van der Waals surface area contributed by atoms with Gasteiger partial charge in [0.2, 0.25) is 5.43 Å². The van der Waals surface area contributed by atoms with E-state index in [-0.39, 0.29) is 28.7 Å². The van der Waals surface area contributed by atoms with E-state index < -0.39 is 17.2 Å². The number of rotatable bonds is 4. The predicted molar refractivity (Wildman–Crippen MR) is 87.5 cm³/mol. The molecule has 2 aromatic rings. The number of para-hydroxylation sites is 1. The number of ether oxygens (including phenoxy) is 1. The highest BCUT2D eigenvalue weighted by Crippen LogP contribution is 2.18. The molecule has 7 heteroatoms. The third kappa shape index (κ3) is 3.17. The minimum absolute atomic E-state index is 0.00158. The molecule has 0 radical (unpaired) electrons. The molecule has 1 amide bonds. The van der Waals surface area contributed by atoms with E-state index in [2.05, 4.69) is 15.5 Å². The lowest BCUT2D eigenvalue weighted by Crippen LogP contribution is -2.46. The Bertz CT molecular complexity index is 799. The Kier molecular flexibility index (Phi) is 4.89. The van der Waals surface area contributed by atoms with Crippen LogP contribution in [0.2, 0.25) is 0 Å². The van der Waals surface area contributed by atoms with Crippen molar-refractivity contribution in [2.75, 3.05) is 6.61 Å². The van der Waals surface area contributed by atoms with Crippen molar-refractivity contribution in [2.24, 2.45) is 0 Å². The predicted octanol–water partition coefficient (Wildman–Crippen LogP) is 2.14. The molecule has 128 valence electrons. The van der Waals surface area contributed by atoms with Crippen LogP contribution >= 0.6 is 0 Å². The lowest BCUT2D eigenvalue weighted by atomic mass is 10.00. The standard InChI is InChI=1S/C17H20FN3O3/c1-2-12(13-8-3-4-9-24-13)19-17(23)15-16(22)10-6-5-7-11(18)14(10)20-21-15/h5-7,12-13H,2-4,8-9H2,1H3,(H,19,23)(H,20,22). The fourth-order valence-corrected chi connectivity index (χ4v) is 3.05. The number of benzene rings is 1. The summed E-state index contributed by atoms with van der Waals surface area (Å²) >= 11 is 0. The maximum Gasteiger partial charge on any atom is 0.276 e. The fourth-order valence-electron chi connectivity index (χ4n) is 3.05. The number of nitrogens with zero attached hydrogens (tertiary/aromatic N) is 1. The smallest absolute Gasteiger partial charge is 0.276 e. The van der Waals surface area contributed by atoms with Gasteiger partial charge in [-0.15, -0.1) is 0 Å². The number of carbonyl (C=O) groups excluding carboxylic acids is 1. The molecule has 0 spiro atoms. The van der Waals surface area contributed by atoms with Gasteiger partial charge in [-0.3, -0.25) is 14.7 Å². The van der Waals surface area contributed by atoms with E-state index in [0.717, 1.165) is 19.3 Å². The van der Waals surface area contributed by atoms with Gasteiger partial charge in [0.05, 0.1) is 17.5 Å². The minimum Gasteiger partial charge on any atom is -0.376 e. The van der Waals surface area contributed by atoms with Gasteiger partial charge in [0.15, 0.2) is 5.69 Å². The molecule has 2 atom stereocenters. The Hall–Kier alpha value is -2.28. The highest BCUT2D eigenvalue weighted by Gasteiger charge is 2.26. The first-order valence-electron chi connectivity index (χ1n) is 8.21. The Morgan fingerprint density at radius 1 is 1.50 bits per heavy atom. The summed E-state index contributed by atoms with van der Waals surface area (Å²) in [5.41, 5.74) is -0.843. The first kappa shape index (κ1) is 16.6. The highest BCUT2D eigenvalue weighted by molar-refractivity contribution is 5.95. The lowest BCUT2D eigenvalue weighted by Gasteiger charge is -2.30. The molecule has 1 fully saturated rings. The average Bonchev–Trinajstić information content (AvgIpc) is 2.61. The van der Waals surface area contributed by atoms with Gasteiger partial charge in [-0.1, -0.05) is 13.0 Å². The van der Waals surface area contributed by atoms with Crippen molar-refractivity contribution in [1.29, 1.82) is 0 Å². The number of halogens is 1. The van der Waals surface area contributed by atoms with Crippen molar-refractivity contribution in [3.05, 3.63) is 39.9 Å². The maximum absolute atomic E-state index is 13.7. The molecule has 6 nitrogen and oxygen atoms in total. The quantitative estimate of drug-likeness (QED) is 0.898. The van der Waals surface area contributed by atoms with Crippen LogP contribution < -0.4 is 10.7 Å². The summed E-state index contributed by atoms with van der Waals surface area (Å²) in [5, 5.41) is 9.17. The van der Waals surface area contributed by atoms with Gasteiger partial charge in [-0.25, -0.2) is 4.39 Å². The number of H-pyrrole nitrogens is 1. The Labute approximate surface area is 138 Å². The normalized spacial score (nSPS) is 19.2. The molecule has 0 aliphatic carbocycles. The minimum atomic E-state index is -0.583.